The van der Waals surface area contributed by atoms with Gasteiger partial charge in [0, 0.05) is 29.1 Å². The number of rotatable bonds is 8. The van der Waals surface area contributed by atoms with E-state index in [9.17, 15) is 9.59 Å². The number of amides is 1. The summed E-state index contributed by atoms with van der Waals surface area (Å²) in [4.78, 5) is 25.5. The highest BCUT2D eigenvalue weighted by Crippen LogP contribution is 2.42. The van der Waals surface area contributed by atoms with Crippen molar-refractivity contribution < 1.29 is 14.3 Å². The van der Waals surface area contributed by atoms with Crippen LogP contribution in [0, 0.1) is 6.92 Å². The van der Waals surface area contributed by atoms with Gasteiger partial charge >= 0.3 is 0 Å². The molecule has 30 heavy (non-hydrogen) atoms. The molecule has 0 aliphatic heterocycles. The minimum Gasteiger partial charge on any atom is -0.497 e. The first-order valence-electron chi connectivity index (χ1n) is 9.73. The summed E-state index contributed by atoms with van der Waals surface area (Å²) in [5, 5.41) is 2.76. The van der Waals surface area contributed by atoms with E-state index >= 15 is 0 Å². The number of carbonyl (C=O) groups excluding carboxylic acids is 2. The minimum atomic E-state index is -0.125. The molecular weight excluding hydrogens is 394 g/mol. The Morgan fingerprint density at radius 3 is 2.27 bits per heavy atom. The molecule has 0 radical (unpaired) electrons. The topological polar surface area (TPSA) is 55.4 Å². The molecule has 3 aromatic rings. The fraction of sp³-hybridized carbons (Fsp3) is 0.200. The number of ether oxygens (including phenoxy) is 1. The lowest BCUT2D eigenvalue weighted by Gasteiger charge is -2.19. The highest BCUT2D eigenvalue weighted by Gasteiger charge is 2.20. The Morgan fingerprint density at radius 2 is 1.63 bits per heavy atom. The van der Waals surface area contributed by atoms with Gasteiger partial charge in [0.25, 0.3) is 0 Å². The molecule has 0 fully saturated rings. The van der Waals surface area contributed by atoms with Gasteiger partial charge in [-0.3, -0.25) is 9.59 Å². The Morgan fingerprint density at radius 1 is 0.967 bits per heavy atom. The van der Waals surface area contributed by atoms with E-state index in [0.29, 0.717) is 12.0 Å². The number of carbonyl (C=O) groups is 2. The van der Waals surface area contributed by atoms with Crippen molar-refractivity contribution in [3.8, 4) is 5.75 Å². The van der Waals surface area contributed by atoms with E-state index in [2.05, 4.69) is 5.32 Å². The van der Waals surface area contributed by atoms with Gasteiger partial charge in [0.05, 0.1) is 12.8 Å². The van der Waals surface area contributed by atoms with Crippen molar-refractivity contribution in [2.24, 2.45) is 0 Å². The summed E-state index contributed by atoms with van der Waals surface area (Å²) in [7, 11) is 1.63. The van der Waals surface area contributed by atoms with Crippen LogP contribution >= 0.6 is 11.8 Å². The molecule has 0 aromatic heterocycles. The van der Waals surface area contributed by atoms with E-state index in [1.807, 2.05) is 79.7 Å². The summed E-state index contributed by atoms with van der Waals surface area (Å²) in [6.07, 6.45) is 0.342. The van der Waals surface area contributed by atoms with Gasteiger partial charge in [-0.2, -0.15) is 0 Å². The summed E-state index contributed by atoms with van der Waals surface area (Å²) < 4.78 is 5.27. The molecule has 1 amide bonds. The largest absolute Gasteiger partial charge is 0.497 e. The fourth-order valence-electron chi connectivity index (χ4n) is 3.09. The molecule has 4 nitrogen and oxygen atoms in total. The third-order valence-electron chi connectivity index (χ3n) is 4.70. The van der Waals surface area contributed by atoms with Crippen LogP contribution in [0.15, 0.2) is 77.7 Å². The molecule has 0 aliphatic carbocycles. The van der Waals surface area contributed by atoms with Crippen molar-refractivity contribution in [2.45, 2.75) is 30.4 Å². The van der Waals surface area contributed by atoms with Gasteiger partial charge in [0.15, 0.2) is 5.78 Å². The number of Topliss-reactive ketones (excluding diaryl/α,β-unsaturated/α-hetero) is 1. The van der Waals surface area contributed by atoms with Crippen LogP contribution < -0.4 is 10.1 Å². The van der Waals surface area contributed by atoms with Crippen molar-refractivity contribution in [2.75, 3.05) is 12.4 Å². The fourth-order valence-corrected chi connectivity index (χ4v) is 4.33. The molecule has 1 atom stereocenters. The predicted octanol–water partition coefficient (Wildman–Crippen LogP) is 6.07. The van der Waals surface area contributed by atoms with Gasteiger partial charge in [-0.05, 0) is 36.8 Å². The Hall–Kier alpha value is -3.05. The Balaban J connectivity index is 1.90. The third-order valence-corrected chi connectivity index (χ3v) is 6.03. The minimum absolute atomic E-state index is 0.0836. The van der Waals surface area contributed by atoms with Gasteiger partial charge in [-0.15, -0.1) is 11.8 Å². The van der Waals surface area contributed by atoms with E-state index in [0.717, 1.165) is 27.5 Å². The van der Waals surface area contributed by atoms with E-state index in [4.69, 9.17) is 4.74 Å². The molecule has 1 N–H and O–H groups in total. The zero-order chi connectivity index (χ0) is 21.5. The van der Waals surface area contributed by atoms with E-state index in [-0.39, 0.29) is 16.9 Å². The van der Waals surface area contributed by atoms with Crippen LogP contribution in [-0.2, 0) is 4.79 Å². The van der Waals surface area contributed by atoms with Crippen LogP contribution in [0.4, 0.5) is 5.69 Å². The maximum Gasteiger partial charge on any atom is 0.221 e. The van der Waals surface area contributed by atoms with Gasteiger partial charge < -0.3 is 10.1 Å². The number of para-hydroxylation sites is 1. The summed E-state index contributed by atoms with van der Waals surface area (Å²) in [6, 6.07) is 23.1. The first kappa shape index (κ1) is 21.7. The van der Waals surface area contributed by atoms with Gasteiger partial charge in [0.1, 0.15) is 5.75 Å². The SMILES string of the molecule is COc1ccc([C@@H](CC(=O)c2ccc(C)cc2)Sc2ccccc2NC(C)=O)cc1. The summed E-state index contributed by atoms with van der Waals surface area (Å²) in [5.74, 6) is 0.728. The van der Waals surface area contributed by atoms with Crippen LogP contribution in [-0.4, -0.2) is 18.8 Å². The summed E-state index contributed by atoms with van der Waals surface area (Å²) in [6.45, 7) is 3.49. The third kappa shape index (κ3) is 5.74. The second-order valence-corrected chi connectivity index (χ2v) is 8.29. The van der Waals surface area contributed by atoms with Crippen LogP contribution in [0.5, 0.6) is 5.75 Å². The average molecular weight is 420 g/mol. The number of thioether (sulfide) groups is 1. The van der Waals surface area contributed by atoms with Gasteiger partial charge in [-0.25, -0.2) is 0 Å². The molecule has 154 valence electrons. The van der Waals surface area contributed by atoms with Crippen LogP contribution in [0.1, 0.15) is 40.1 Å². The molecule has 5 heteroatoms. The zero-order valence-corrected chi connectivity index (χ0v) is 18.2. The Labute approximate surface area is 181 Å². The lowest BCUT2D eigenvalue weighted by Crippen LogP contribution is -2.08. The molecular formula is C25H25NO3S. The number of anilines is 1. The number of hydrogen-bond donors (Lipinski definition) is 1. The van der Waals surface area contributed by atoms with Crippen molar-refractivity contribution in [3.05, 3.63) is 89.5 Å². The molecule has 0 saturated carbocycles. The molecule has 0 saturated heterocycles. The van der Waals surface area contributed by atoms with Crippen LogP contribution in [0.25, 0.3) is 0 Å². The first-order valence-corrected chi connectivity index (χ1v) is 10.6. The lowest BCUT2D eigenvalue weighted by molar-refractivity contribution is -0.114. The summed E-state index contributed by atoms with van der Waals surface area (Å²) >= 11 is 1.57. The number of hydrogen-bond acceptors (Lipinski definition) is 4. The zero-order valence-electron chi connectivity index (χ0n) is 17.3. The second kappa shape index (κ2) is 10.1. The van der Waals surface area contributed by atoms with Crippen LogP contribution in [0.2, 0.25) is 0 Å². The smallest absolute Gasteiger partial charge is 0.221 e. The summed E-state index contributed by atoms with van der Waals surface area (Å²) in [5.41, 5.74) is 3.60. The van der Waals surface area contributed by atoms with Crippen molar-refractivity contribution in [3.63, 3.8) is 0 Å². The molecule has 0 heterocycles. The lowest BCUT2D eigenvalue weighted by atomic mass is 10.0. The van der Waals surface area contributed by atoms with Crippen molar-refractivity contribution in [1.82, 2.24) is 0 Å². The number of methoxy groups -OCH3 is 1. The molecule has 3 rings (SSSR count). The maximum absolute atomic E-state index is 13.0. The molecule has 0 bridgehead atoms. The maximum atomic E-state index is 13.0. The number of ketones is 1. The second-order valence-electron chi connectivity index (χ2n) is 7.05. The average Bonchev–Trinajstić information content (AvgIpc) is 2.74. The van der Waals surface area contributed by atoms with Crippen molar-refractivity contribution >= 4 is 29.1 Å². The molecule has 0 spiro atoms. The standard InChI is InChI=1S/C25H25NO3S/c1-17-8-10-19(11-9-17)23(28)16-25(20-12-14-21(29-3)15-13-20)30-24-7-5-4-6-22(24)26-18(2)27/h4-15,25H,16H2,1-3H3,(H,26,27)/t25-/m1/s1. The Bertz CT molecular complexity index is 1010. The molecule has 3 aromatic carbocycles. The normalized spacial score (nSPS) is 11.6. The monoisotopic (exact) mass is 419 g/mol. The van der Waals surface area contributed by atoms with Gasteiger partial charge in [-0.1, -0.05) is 54.1 Å². The van der Waals surface area contributed by atoms with Gasteiger partial charge in [0.2, 0.25) is 5.91 Å². The number of nitrogens with one attached hydrogen (secondary N) is 1. The van der Waals surface area contributed by atoms with Crippen LogP contribution in [0.3, 0.4) is 0 Å². The molecule has 0 aliphatic rings. The van der Waals surface area contributed by atoms with Crippen molar-refractivity contribution in [1.29, 1.82) is 0 Å². The Kier molecular flexibility index (Phi) is 7.31. The number of benzene rings is 3. The number of aryl methyl sites for hydroxylation is 1. The molecule has 0 unspecified atom stereocenters. The predicted molar refractivity (Wildman–Crippen MR) is 122 cm³/mol. The first-order chi connectivity index (χ1) is 14.5. The van der Waals surface area contributed by atoms with E-state index in [1.54, 1.807) is 18.9 Å². The van der Waals surface area contributed by atoms with E-state index < -0.39 is 0 Å². The highest BCUT2D eigenvalue weighted by molar-refractivity contribution is 7.99. The quantitative estimate of drug-likeness (QED) is 0.356. The van der Waals surface area contributed by atoms with E-state index in [1.165, 1.54) is 6.92 Å². The highest BCUT2D eigenvalue weighted by atomic mass is 32.2.